The fourth-order valence-electron chi connectivity index (χ4n) is 2.91. The molecule has 1 aliphatic rings. The third kappa shape index (κ3) is 4.12. The van der Waals surface area contributed by atoms with Gasteiger partial charge in [0.25, 0.3) is 5.91 Å². The van der Waals surface area contributed by atoms with E-state index in [9.17, 15) is 14.0 Å². The Bertz CT molecular complexity index is 779. The number of nitrogens with zero attached hydrogens (tertiary/aromatic N) is 2. The van der Waals surface area contributed by atoms with Gasteiger partial charge in [-0.25, -0.2) is 9.37 Å². The monoisotopic (exact) mass is 342 g/mol. The normalized spacial score (nSPS) is 16.9. The Morgan fingerprint density at radius 2 is 2.08 bits per heavy atom. The number of pyridine rings is 1. The second-order valence-electron chi connectivity index (χ2n) is 6.03. The van der Waals surface area contributed by atoms with Gasteiger partial charge in [-0.2, -0.15) is 0 Å². The minimum absolute atomic E-state index is 0.0381. The number of aromatic nitrogens is 1. The lowest BCUT2D eigenvalue weighted by Crippen LogP contribution is -2.30. The van der Waals surface area contributed by atoms with Gasteiger partial charge < -0.3 is 16.0 Å². The molecule has 1 aromatic heterocycles. The van der Waals surface area contributed by atoms with E-state index in [1.54, 1.807) is 35.4 Å². The summed E-state index contributed by atoms with van der Waals surface area (Å²) in [6.45, 7) is 1.09. The van der Waals surface area contributed by atoms with Crippen LogP contribution in [0.5, 0.6) is 0 Å². The van der Waals surface area contributed by atoms with Crippen molar-refractivity contribution in [1.82, 2.24) is 9.88 Å². The first-order chi connectivity index (χ1) is 12.0. The molecule has 1 unspecified atom stereocenters. The molecule has 3 N–H and O–H groups in total. The summed E-state index contributed by atoms with van der Waals surface area (Å²) in [5.74, 6) is -0.400. The Kier molecular flexibility index (Phi) is 4.92. The molecule has 1 atom stereocenters. The van der Waals surface area contributed by atoms with Crippen molar-refractivity contribution in [2.45, 2.75) is 18.9 Å². The van der Waals surface area contributed by atoms with Crippen LogP contribution in [0.3, 0.4) is 0 Å². The standard InChI is InChI=1S/C18H19FN4O2/c19-13-5-3-12(4-6-13)7-9-23-11-14(10-16(23)24)22-18-15(17(20)25)2-1-8-21-18/h1-6,8,14H,7,9-11H2,(H2,20,25)(H,21,22). The molecule has 1 aliphatic heterocycles. The molecular weight excluding hydrogens is 323 g/mol. The number of primary amides is 1. The maximum Gasteiger partial charge on any atom is 0.252 e. The van der Waals surface area contributed by atoms with Crippen molar-refractivity contribution in [3.63, 3.8) is 0 Å². The zero-order chi connectivity index (χ0) is 17.8. The molecule has 1 aromatic carbocycles. The number of anilines is 1. The van der Waals surface area contributed by atoms with Crippen LogP contribution in [0.2, 0.25) is 0 Å². The highest BCUT2D eigenvalue weighted by atomic mass is 19.1. The van der Waals surface area contributed by atoms with Crippen LogP contribution in [0.25, 0.3) is 0 Å². The minimum atomic E-state index is -0.562. The molecule has 2 heterocycles. The summed E-state index contributed by atoms with van der Waals surface area (Å²) >= 11 is 0. The number of amides is 2. The Hall–Kier alpha value is -2.96. The first-order valence-corrected chi connectivity index (χ1v) is 8.06. The molecule has 2 aromatic rings. The highest BCUT2D eigenvalue weighted by molar-refractivity contribution is 5.97. The molecule has 0 spiro atoms. The van der Waals surface area contributed by atoms with Crippen LogP contribution in [0.1, 0.15) is 22.3 Å². The van der Waals surface area contributed by atoms with E-state index in [-0.39, 0.29) is 17.8 Å². The summed E-state index contributed by atoms with van der Waals surface area (Å²) in [6, 6.07) is 9.38. The van der Waals surface area contributed by atoms with Gasteiger partial charge in [0.1, 0.15) is 11.6 Å². The number of nitrogens with two attached hydrogens (primary N) is 1. The number of nitrogens with one attached hydrogen (secondary N) is 1. The van der Waals surface area contributed by atoms with Crippen LogP contribution in [0.4, 0.5) is 10.2 Å². The Morgan fingerprint density at radius 3 is 2.80 bits per heavy atom. The topological polar surface area (TPSA) is 88.3 Å². The summed E-state index contributed by atoms with van der Waals surface area (Å²) < 4.78 is 12.9. The smallest absolute Gasteiger partial charge is 0.252 e. The number of hydrogen-bond donors (Lipinski definition) is 2. The van der Waals surface area contributed by atoms with Crippen molar-refractivity contribution in [3.8, 4) is 0 Å². The van der Waals surface area contributed by atoms with Crippen LogP contribution < -0.4 is 11.1 Å². The minimum Gasteiger partial charge on any atom is -0.365 e. The van der Waals surface area contributed by atoms with Gasteiger partial charge in [0.2, 0.25) is 5.91 Å². The van der Waals surface area contributed by atoms with Gasteiger partial charge in [0, 0.05) is 25.7 Å². The molecule has 3 rings (SSSR count). The lowest BCUT2D eigenvalue weighted by atomic mass is 10.1. The molecule has 130 valence electrons. The maximum absolute atomic E-state index is 12.9. The van der Waals surface area contributed by atoms with Crippen molar-refractivity contribution >= 4 is 17.6 Å². The number of benzene rings is 1. The lowest BCUT2D eigenvalue weighted by Gasteiger charge is -2.18. The van der Waals surface area contributed by atoms with Crippen LogP contribution in [0.15, 0.2) is 42.6 Å². The fourth-order valence-corrected chi connectivity index (χ4v) is 2.91. The van der Waals surface area contributed by atoms with Crippen molar-refractivity contribution in [3.05, 3.63) is 59.5 Å². The van der Waals surface area contributed by atoms with Crippen molar-refractivity contribution in [1.29, 1.82) is 0 Å². The highest BCUT2D eigenvalue weighted by Gasteiger charge is 2.30. The molecule has 0 bridgehead atoms. The summed E-state index contributed by atoms with van der Waals surface area (Å²) in [7, 11) is 0. The van der Waals surface area contributed by atoms with Gasteiger partial charge in [-0.05, 0) is 36.2 Å². The number of rotatable bonds is 6. The molecule has 0 aliphatic carbocycles. The average molecular weight is 342 g/mol. The Morgan fingerprint density at radius 1 is 1.32 bits per heavy atom. The predicted molar refractivity (Wildman–Crippen MR) is 91.5 cm³/mol. The summed E-state index contributed by atoms with van der Waals surface area (Å²) in [6.07, 6.45) is 2.56. The predicted octanol–water partition coefficient (Wildman–Crippen LogP) is 1.58. The van der Waals surface area contributed by atoms with Crippen molar-refractivity contribution in [2.75, 3.05) is 18.4 Å². The van der Waals surface area contributed by atoms with E-state index in [1.165, 1.54) is 12.1 Å². The van der Waals surface area contributed by atoms with E-state index in [4.69, 9.17) is 5.73 Å². The fraction of sp³-hybridized carbons (Fsp3) is 0.278. The van der Waals surface area contributed by atoms with Gasteiger partial charge in [-0.3, -0.25) is 9.59 Å². The van der Waals surface area contributed by atoms with Crippen molar-refractivity contribution in [2.24, 2.45) is 5.73 Å². The molecule has 0 saturated carbocycles. The number of hydrogen-bond acceptors (Lipinski definition) is 4. The van der Waals surface area contributed by atoms with E-state index in [0.29, 0.717) is 37.3 Å². The first-order valence-electron chi connectivity index (χ1n) is 8.06. The SMILES string of the molecule is NC(=O)c1cccnc1NC1CC(=O)N(CCc2ccc(F)cc2)C1. The molecule has 1 fully saturated rings. The second-order valence-corrected chi connectivity index (χ2v) is 6.03. The number of carbonyl (C=O) groups excluding carboxylic acids is 2. The third-order valence-corrected chi connectivity index (χ3v) is 4.21. The summed E-state index contributed by atoms with van der Waals surface area (Å²) in [5, 5.41) is 3.13. The molecule has 6 nitrogen and oxygen atoms in total. The second kappa shape index (κ2) is 7.29. The number of carbonyl (C=O) groups is 2. The third-order valence-electron chi connectivity index (χ3n) is 4.21. The van der Waals surface area contributed by atoms with E-state index in [2.05, 4.69) is 10.3 Å². The van der Waals surface area contributed by atoms with Gasteiger partial charge in [-0.1, -0.05) is 12.1 Å². The Balaban J connectivity index is 1.59. The quantitative estimate of drug-likeness (QED) is 0.834. The van der Waals surface area contributed by atoms with Gasteiger partial charge in [0.05, 0.1) is 11.6 Å². The largest absolute Gasteiger partial charge is 0.365 e. The van der Waals surface area contributed by atoms with Gasteiger partial charge in [0.15, 0.2) is 0 Å². The molecule has 25 heavy (non-hydrogen) atoms. The van der Waals surface area contributed by atoms with E-state index in [1.807, 2.05) is 0 Å². The van der Waals surface area contributed by atoms with E-state index in [0.717, 1.165) is 5.56 Å². The highest BCUT2D eigenvalue weighted by Crippen LogP contribution is 2.19. The van der Waals surface area contributed by atoms with Crippen LogP contribution in [0, 0.1) is 5.82 Å². The van der Waals surface area contributed by atoms with Crippen molar-refractivity contribution < 1.29 is 14.0 Å². The average Bonchev–Trinajstić information content (AvgIpc) is 2.94. The van der Waals surface area contributed by atoms with Crippen LogP contribution in [-0.2, 0) is 11.2 Å². The van der Waals surface area contributed by atoms with E-state index >= 15 is 0 Å². The molecule has 2 amide bonds. The first kappa shape index (κ1) is 16.9. The van der Waals surface area contributed by atoms with Gasteiger partial charge >= 0.3 is 0 Å². The molecule has 7 heteroatoms. The molecule has 0 radical (unpaired) electrons. The van der Waals surface area contributed by atoms with Crippen LogP contribution >= 0.6 is 0 Å². The summed E-state index contributed by atoms with van der Waals surface area (Å²) in [5.41, 5.74) is 6.63. The number of halogens is 1. The number of likely N-dealkylation sites (tertiary alicyclic amines) is 1. The maximum atomic E-state index is 12.9. The van der Waals surface area contributed by atoms with Crippen LogP contribution in [-0.4, -0.2) is 40.8 Å². The lowest BCUT2D eigenvalue weighted by molar-refractivity contribution is -0.127. The molecular formula is C18H19FN4O2. The van der Waals surface area contributed by atoms with E-state index < -0.39 is 5.91 Å². The zero-order valence-electron chi connectivity index (χ0n) is 13.6. The van der Waals surface area contributed by atoms with Gasteiger partial charge in [-0.15, -0.1) is 0 Å². The molecule has 1 saturated heterocycles. The zero-order valence-corrected chi connectivity index (χ0v) is 13.6. The Labute approximate surface area is 144 Å². The summed E-state index contributed by atoms with van der Waals surface area (Å²) in [4.78, 5) is 29.5.